The SMILES string of the molecule is COc1ccc(CNC(C)c2ccccc2)cc1CN1CCOCC1.Cl.Cl. The monoisotopic (exact) mass is 412 g/mol. The number of nitrogens with one attached hydrogen (secondary N) is 1. The maximum absolute atomic E-state index is 5.56. The van der Waals surface area contributed by atoms with Crippen LogP contribution in [-0.4, -0.2) is 38.3 Å². The van der Waals surface area contributed by atoms with E-state index in [1.54, 1.807) is 7.11 Å². The van der Waals surface area contributed by atoms with Gasteiger partial charge in [0.1, 0.15) is 5.75 Å². The zero-order valence-electron chi connectivity index (χ0n) is 16.0. The predicted octanol–water partition coefficient (Wildman–Crippen LogP) is 4.22. The summed E-state index contributed by atoms with van der Waals surface area (Å²) in [6.45, 7) is 7.56. The first-order chi connectivity index (χ1) is 12.3. The van der Waals surface area contributed by atoms with E-state index < -0.39 is 0 Å². The van der Waals surface area contributed by atoms with E-state index >= 15 is 0 Å². The number of rotatable bonds is 7. The standard InChI is InChI=1S/C21H28N2O2.2ClH/c1-17(19-6-4-3-5-7-19)22-15-18-8-9-21(24-2)20(14-18)16-23-10-12-25-13-11-23;;/h3-9,14,17,22H,10-13,15-16H2,1-2H3;2*1H. The highest BCUT2D eigenvalue weighted by molar-refractivity contribution is 5.85. The molecule has 1 aliphatic heterocycles. The minimum absolute atomic E-state index is 0. The Morgan fingerprint density at radius 3 is 2.44 bits per heavy atom. The second-order valence-electron chi connectivity index (χ2n) is 6.55. The molecule has 0 aliphatic carbocycles. The predicted molar refractivity (Wildman–Crippen MR) is 115 cm³/mol. The van der Waals surface area contributed by atoms with E-state index in [0.29, 0.717) is 6.04 Å². The molecule has 2 aromatic rings. The number of ether oxygens (including phenoxy) is 2. The molecule has 3 rings (SSSR count). The summed E-state index contributed by atoms with van der Waals surface area (Å²) < 4.78 is 11.0. The molecule has 1 N–H and O–H groups in total. The number of halogens is 2. The van der Waals surface area contributed by atoms with Crippen LogP contribution in [0.4, 0.5) is 0 Å². The fourth-order valence-electron chi connectivity index (χ4n) is 3.20. The molecule has 6 heteroatoms. The lowest BCUT2D eigenvalue weighted by molar-refractivity contribution is 0.0339. The van der Waals surface area contributed by atoms with Crippen molar-refractivity contribution in [1.29, 1.82) is 0 Å². The van der Waals surface area contributed by atoms with E-state index in [9.17, 15) is 0 Å². The molecule has 0 spiro atoms. The van der Waals surface area contributed by atoms with Crippen LogP contribution in [0.15, 0.2) is 48.5 Å². The fraction of sp³-hybridized carbons (Fsp3) is 0.429. The third-order valence-corrected chi connectivity index (χ3v) is 4.75. The lowest BCUT2D eigenvalue weighted by Gasteiger charge is -2.27. The summed E-state index contributed by atoms with van der Waals surface area (Å²) in [4.78, 5) is 2.42. The summed E-state index contributed by atoms with van der Waals surface area (Å²) in [5, 5.41) is 3.61. The molecule has 0 amide bonds. The van der Waals surface area contributed by atoms with Crippen LogP contribution in [0, 0.1) is 0 Å². The first kappa shape index (κ1) is 23.7. The fourth-order valence-corrected chi connectivity index (χ4v) is 3.20. The Hall–Kier alpha value is -1.30. The average Bonchev–Trinajstić information content (AvgIpc) is 2.68. The van der Waals surface area contributed by atoms with Crippen molar-refractivity contribution in [3.8, 4) is 5.75 Å². The zero-order valence-corrected chi connectivity index (χ0v) is 17.7. The van der Waals surface area contributed by atoms with Gasteiger partial charge in [-0.05, 0) is 30.2 Å². The van der Waals surface area contributed by atoms with Crippen molar-refractivity contribution in [3.05, 3.63) is 65.2 Å². The number of methoxy groups -OCH3 is 1. The molecule has 0 aromatic heterocycles. The first-order valence-corrected chi connectivity index (χ1v) is 9.00. The number of hydrogen-bond donors (Lipinski definition) is 1. The van der Waals surface area contributed by atoms with Gasteiger partial charge in [-0.15, -0.1) is 24.8 Å². The molecule has 0 saturated carbocycles. The number of morpholine rings is 1. The van der Waals surface area contributed by atoms with Crippen molar-refractivity contribution in [1.82, 2.24) is 10.2 Å². The van der Waals surface area contributed by atoms with Crippen LogP contribution in [0.5, 0.6) is 5.75 Å². The van der Waals surface area contributed by atoms with Gasteiger partial charge in [0.05, 0.1) is 20.3 Å². The number of hydrogen-bond acceptors (Lipinski definition) is 4. The quantitative estimate of drug-likeness (QED) is 0.737. The normalized spacial score (nSPS) is 15.3. The molecule has 1 aliphatic rings. The molecular formula is C21H30Cl2N2O2. The van der Waals surface area contributed by atoms with Gasteiger partial charge in [-0.1, -0.05) is 36.4 Å². The van der Waals surface area contributed by atoms with Crippen LogP contribution in [0.3, 0.4) is 0 Å². The van der Waals surface area contributed by atoms with E-state index in [1.807, 2.05) is 0 Å². The van der Waals surface area contributed by atoms with Crippen molar-refractivity contribution in [2.24, 2.45) is 0 Å². The molecule has 1 heterocycles. The van der Waals surface area contributed by atoms with E-state index in [4.69, 9.17) is 9.47 Å². The van der Waals surface area contributed by atoms with Crippen LogP contribution in [0.25, 0.3) is 0 Å². The van der Waals surface area contributed by atoms with Crippen LogP contribution in [0.1, 0.15) is 29.7 Å². The summed E-state index contributed by atoms with van der Waals surface area (Å²) in [7, 11) is 1.74. The van der Waals surface area contributed by atoms with E-state index in [0.717, 1.165) is 45.1 Å². The van der Waals surface area contributed by atoms with Gasteiger partial charge >= 0.3 is 0 Å². The van der Waals surface area contributed by atoms with Crippen molar-refractivity contribution >= 4 is 24.8 Å². The highest BCUT2D eigenvalue weighted by Crippen LogP contribution is 2.23. The summed E-state index contributed by atoms with van der Waals surface area (Å²) in [5.41, 5.74) is 3.84. The van der Waals surface area contributed by atoms with Gasteiger partial charge in [0.25, 0.3) is 0 Å². The van der Waals surface area contributed by atoms with Crippen molar-refractivity contribution < 1.29 is 9.47 Å². The van der Waals surface area contributed by atoms with Crippen molar-refractivity contribution in [2.75, 3.05) is 33.4 Å². The minimum atomic E-state index is 0. The maximum atomic E-state index is 5.56. The van der Waals surface area contributed by atoms with Crippen LogP contribution >= 0.6 is 24.8 Å². The molecule has 1 saturated heterocycles. The maximum Gasteiger partial charge on any atom is 0.123 e. The molecule has 1 atom stereocenters. The van der Waals surface area contributed by atoms with Gasteiger partial charge in [-0.25, -0.2) is 0 Å². The van der Waals surface area contributed by atoms with E-state index in [-0.39, 0.29) is 24.8 Å². The third-order valence-electron chi connectivity index (χ3n) is 4.75. The Kier molecular flexibility index (Phi) is 10.7. The van der Waals surface area contributed by atoms with Crippen LogP contribution in [-0.2, 0) is 17.8 Å². The van der Waals surface area contributed by atoms with Gasteiger partial charge in [0.2, 0.25) is 0 Å². The smallest absolute Gasteiger partial charge is 0.123 e. The molecular weight excluding hydrogens is 383 g/mol. The number of benzene rings is 2. The van der Waals surface area contributed by atoms with Crippen molar-refractivity contribution in [3.63, 3.8) is 0 Å². The second-order valence-corrected chi connectivity index (χ2v) is 6.55. The highest BCUT2D eigenvalue weighted by atomic mass is 35.5. The van der Waals surface area contributed by atoms with Gasteiger partial charge < -0.3 is 14.8 Å². The molecule has 4 nitrogen and oxygen atoms in total. The van der Waals surface area contributed by atoms with Gasteiger partial charge in [0, 0.05) is 37.8 Å². The first-order valence-electron chi connectivity index (χ1n) is 9.00. The third kappa shape index (κ3) is 6.98. The molecule has 2 aromatic carbocycles. The van der Waals surface area contributed by atoms with E-state index in [1.165, 1.54) is 16.7 Å². The second kappa shape index (κ2) is 12.2. The Morgan fingerprint density at radius 2 is 1.78 bits per heavy atom. The topological polar surface area (TPSA) is 33.7 Å². The number of nitrogens with zero attached hydrogens (tertiary/aromatic N) is 1. The summed E-state index contributed by atoms with van der Waals surface area (Å²) >= 11 is 0. The van der Waals surface area contributed by atoms with E-state index in [2.05, 4.69) is 65.7 Å². The zero-order chi connectivity index (χ0) is 17.5. The average molecular weight is 413 g/mol. The molecule has 0 radical (unpaired) electrons. The molecule has 1 fully saturated rings. The van der Waals surface area contributed by atoms with Crippen LogP contribution in [0.2, 0.25) is 0 Å². The van der Waals surface area contributed by atoms with Crippen LogP contribution < -0.4 is 10.1 Å². The lowest BCUT2D eigenvalue weighted by atomic mass is 10.1. The summed E-state index contributed by atoms with van der Waals surface area (Å²) in [5.74, 6) is 0.964. The Balaban J connectivity index is 0.00000182. The molecule has 0 bridgehead atoms. The van der Waals surface area contributed by atoms with Gasteiger partial charge in [-0.2, -0.15) is 0 Å². The minimum Gasteiger partial charge on any atom is -0.496 e. The van der Waals surface area contributed by atoms with Crippen molar-refractivity contribution in [2.45, 2.75) is 26.1 Å². The largest absolute Gasteiger partial charge is 0.496 e. The Bertz CT molecular complexity index is 664. The Morgan fingerprint density at radius 1 is 1.07 bits per heavy atom. The highest BCUT2D eigenvalue weighted by Gasteiger charge is 2.14. The Labute approximate surface area is 175 Å². The molecule has 27 heavy (non-hydrogen) atoms. The van der Waals surface area contributed by atoms with Gasteiger partial charge in [-0.3, -0.25) is 4.90 Å². The molecule has 150 valence electrons. The van der Waals surface area contributed by atoms with Gasteiger partial charge in [0.15, 0.2) is 0 Å². The molecule has 1 unspecified atom stereocenters. The lowest BCUT2D eigenvalue weighted by Crippen LogP contribution is -2.35. The summed E-state index contributed by atoms with van der Waals surface area (Å²) in [6, 6.07) is 17.4. The summed E-state index contributed by atoms with van der Waals surface area (Å²) in [6.07, 6.45) is 0.